The first-order valence-corrected chi connectivity index (χ1v) is 9.44. The minimum absolute atomic E-state index is 0.0593. The molecule has 1 fully saturated rings. The molecule has 138 valence electrons. The summed E-state index contributed by atoms with van der Waals surface area (Å²) in [5.41, 5.74) is 0.190. The lowest BCUT2D eigenvalue weighted by Crippen LogP contribution is -2.40. The van der Waals surface area contributed by atoms with Crippen molar-refractivity contribution in [2.45, 2.75) is 12.5 Å². The second kappa shape index (κ2) is 7.73. The van der Waals surface area contributed by atoms with Crippen LogP contribution >= 0.6 is 0 Å². The Kier molecular flexibility index (Phi) is 5.89. The molecule has 0 radical (unpaired) electrons. The van der Waals surface area contributed by atoms with Gasteiger partial charge in [0.1, 0.15) is 11.5 Å². The van der Waals surface area contributed by atoms with Crippen LogP contribution in [0.1, 0.15) is 16.8 Å². The zero-order valence-electron chi connectivity index (χ0n) is 14.4. The second-order valence-electron chi connectivity index (χ2n) is 5.74. The molecule has 0 aromatic heterocycles. The summed E-state index contributed by atoms with van der Waals surface area (Å²) < 4.78 is 38.2. The minimum Gasteiger partial charge on any atom is -0.497 e. The number of likely N-dealkylation sites (N-methyl/N-ethyl adjacent to an activating group) is 1. The number of rotatable bonds is 6. The van der Waals surface area contributed by atoms with Crippen LogP contribution in [0.3, 0.4) is 0 Å². The van der Waals surface area contributed by atoms with Crippen molar-refractivity contribution >= 4 is 21.7 Å². The molecule has 0 aliphatic carbocycles. The molecule has 25 heavy (non-hydrogen) atoms. The number of carbonyl (C=O) groups is 2. The molecular weight excluding hydrogens is 350 g/mol. The van der Waals surface area contributed by atoms with E-state index in [1.807, 2.05) is 0 Å². The number of methoxy groups -OCH3 is 2. The van der Waals surface area contributed by atoms with E-state index in [0.717, 1.165) is 0 Å². The van der Waals surface area contributed by atoms with E-state index in [0.29, 0.717) is 17.9 Å². The third-order valence-electron chi connectivity index (χ3n) is 4.06. The van der Waals surface area contributed by atoms with Gasteiger partial charge in [0.2, 0.25) is 0 Å². The molecule has 1 saturated heterocycles. The van der Waals surface area contributed by atoms with Gasteiger partial charge in [-0.25, -0.2) is 13.2 Å². The van der Waals surface area contributed by atoms with Crippen molar-refractivity contribution in [1.29, 1.82) is 0 Å². The Morgan fingerprint density at radius 3 is 2.24 bits per heavy atom. The van der Waals surface area contributed by atoms with Gasteiger partial charge in [-0.1, -0.05) is 0 Å². The lowest BCUT2D eigenvalue weighted by molar-refractivity contribution is -0.134. The van der Waals surface area contributed by atoms with Crippen molar-refractivity contribution < 1.29 is 32.2 Å². The van der Waals surface area contributed by atoms with Gasteiger partial charge in [0.05, 0.1) is 31.3 Å². The summed E-state index contributed by atoms with van der Waals surface area (Å²) >= 11 is 0. The standard InChI is InChI=1S/C16H21NO7S/c1-17(12-4-5-25(20,21)10-12)15(18)9-24-16(19)11-6-13(22-2)8-14(7-11)23-3/h6-8,12H,4-5,9-10H2,1-3H3/t12-/m0/s1. The van der Waals surface area contributed by atoms with Gasteiger partial charge in [-0.3, -0.25) is 4.79 Å². The Morgan fingerprint density at radius 2 is 1.76 bits per heavy atom. The molecule has 0 spiro atoms. The number of benzene rings is 1. The van der Waals surface area contributed by atoms with Crippen LogP contribution in [0.5, 0.6) is 11.5 Å². The zero-order chi connectivity index (χ0) is 18.6. The number of hydrogen-bond acceptors (Lipinski definition) is 7. The number of carbonyl (C=O) groups excluding carboxylic acids is 2. The van der Waals surface area contributed by atoms with E-state index in [1.54, 1.807) is 6.07 Å². The smallest absolute Gasteiger partial charge is 0.338 e. The summed E-state index contributed by atoms with van der Waals surface area (Å²) in [6.45, 7) is -0.467. The molecule has 1 atom stereocenters. The SMILES string of the molecule is COc1cc(OC)cc(C(=O)OCC(=O)N(C)[C@H]2CCS(=O)(=O)C2)c1. The Labute approximate surface area is 146 Å². The molecule has 1 aliphatic heterocycles. The number of ether oxygens (including phenoxy) is 3. The first-order valence-electron chi connectivity index (χ1n) is 7.62. The highest BCUT2D eigenvalue weighted by Gasteiger charge is 2.33. The van der Waals surface area contributed by atoms with Crippen LogP contribution < -0.4 is 9.47 Å². The highest BCUT2D eigenvalue weighted by atomic mass is 32.2. The van der Waals surface area contributed by atoms with Crippen molar-refractivity contribution in [1.82, 2.24) is 4.90 Å². The van der Waals surface area contributed by atoms with Crippen LogP contribution in [0, 0.1) is 0 Å². The summed E-state index contributed by atoms with van der Waals surface area (Å²) in [4.78, 5) is 25.6. The maximum Gasteiger partial charge on any atom is 0.338 e. The number of nitrogens with zero attached hydrogens (tertiary/aromatic N) is 1. The maximum absolute atomic E-state index is 12.1. The molecule has 0 N–H and O–H groups in total. The minimum atomic E-state index is -3.09. The average Bonchev–Trinajstić information content (AvgIpc) is 2.97. The monoisotopic (exact) mass is 371 g/mol. The van der Waals surface area contributed by atoms with Crippen LogP contribution in [0.25, 0.3) is 0 Å². The fraction of sp³-hybridized carbons (Fsp3) is 0.500. The second-order valence-corrected chi connectivity index (χ2v) is 7.97. The number of esters is 1. The van der Waals surface area contributed by atoms with Crippen molar-refractivity contribution in [2.24, 2.45) is 0 Å². The molecule has 9 heteroatoms. The van der Waals surface area contributed by atoms with E-state index in [2.05, 4.69) is 0 Å². The summed E-state index contributed by atoms with van der Waals surface area (Å²) in [6.07, 6.45) is 0.394. The number of amides is 1. The lowest BCUT2D eigenvalue weighted by atomic mass is 10.2. The third kappa shape index (κ3) is 4.85. The van der Waals surface area contributed by atoms with Crippen molar-refractivity contribution in [2.75, 3.05) is 39.4 Å². The molecule has 1 aromatic carbocycles. The largest absolute Gasteiger partial charge is 0.497 e. The van der Waals surface area contributed by atoms with Crippen molar-refractivity contribution in [3.05, 3.63) is 23.8 Å². The Bertz CT molecular complexity index is 737. The third-order valence-corrected chi connectivity index (χ3v) is 5.81. The maximum atomic E-state index is 12.1. The molecule has 1 heterocycles. The van der Waals surface area contributed by atoms with Gasteiger partial charge < -0.3 is 19.1 Å². The quantitative estimate of drug-likeness (QED) is 0.672. The normalized spacial score (nSPS) is 18.4. The van der Waals surface area contributed by atoms with Crippen molar-refractivity contribution in [3.63, 3.8) is 0 Å². The molecular formula is C16H21NO7S. The highest BCUT2D eigenvalue weighted by Crippen LogP contribution is 2.23. The average molecular weight is 371 g/mol. The summed E-state index contributed by atoms with van der Waals surface area (Å²) in [5, 5.41) is 0. The first-order chi connectivity index (χ1) is 11.8. The summed E-state index contributed by atoms with van der Waals surface area (Å²) in [6, 6.07) is 4.18. The Hall–Kier alpha value is -2.29. The topological polar surface area (TPSA) is 99.2 Å². The predicted molar refractivity (Wildman–Crippen MR) is 89.7 cm³/mol. The molecule has 0 unspecified atom stereocenters. The lowest BCUT2D eigenvalue weighted by Gasteiger charge is -2.23. The first kappa shape index (κ1) is 19.0. The van der Waals surface area contributed by atoms with Gasteiger partial charge in [0.15, 0.2) is 16.4 Å². The van der Waals surface area contributed by atoms with E-state index in [1.165, 1.54) is 38.3 Å². The van der Waals surface area contributed by atoms with Gasteiger partial charge in [-0.05, 0) is 18.6 Å². The number of sulfone groups is 1. The molecule has 8 nitrogen and oxygen atoms in total. The molecule has 1 aliphatic rings. The fourth-order valence-corrected chi connectivity index (χ4v) is 4.30. The predicted octanol–water partition coefficient (Wildman–Crippen LogP) is 0.506. The van der Waals surface area contributed by atoms with Crippen LogP contribution in [-0.2, 0) is 19.4 Å². The van der Waals surface area contributed by atoms with Gasteiger partial charge in [-0.15, -0.1) is 0 Å². The van der Waals surface area contributed by atoms with Gasteiger partial charge in [-0.2, -0.15) is 0 Å². The van der Waals surface area contributed by atoms with Crippen LogP contribution in [0.4, 0.5) is 0 Å². The summed E-state index contributed by atoms with van der Waals surface area (Å²) in [7, 11) is 1.33. The zero-order valence-corrected chi connectivity index (χ0v) is 15.2. The molecule has 1 aromatic rings. The molecule has 2 rings (SSSR count). The van der Waals surface area contributed by atoms with Crippen LogP contribution in [0.15, 0.2) is 18.2 Å². The van der Waals surface area contributed by atoms with E-state index < -0.39 is 28.3 Å². The van der Waals surface area contributed by atoms with E-state index >= 15 is 0 Å². The molecule has 0 saturated carbocycles. The van der Waals surface area contributed by atoms with Gasteiger partial charge in [0.25, 0.3) is 5.91 Å². The fourth-order valence-electron chi connectivity index (χ4n) is 2.52. The van der Waals surface area contributed by atoms with E-state index in [-0.39, 0.29) is 23.1 Å². The van der Waals surface area contributed by atoms with Gasteiger partial charge >= 0.3 is 5.97 Å². The summed E-state index contributed by atoms with van der Waals surface area (Å²) in [5.74, 6) is -0.297. The van der Waals surface area contributed by atoms with Gasteiger partial charge in [0, 0.05) is 19.2 Å². The number of hydrogen-bond donors (Lipinski definition) is 0. The van der Waals surface area contributed by atoms with E-state index in [9.17, 15) is 18.0 Å². The molecule has 0 bridgehead atoms. The Morgan fingerprint density at radius 1 is 1.16 bits per heavy atom. The van der Waals surface area contributed by atoms with E-state index in [4.69, 9.17) is 14.2 Å². The van der Waals surface area contributed by atoms with Crippen LogP contribution in [-0.4, -0.2) is 70.6 Å². The Balaban J connectivity index is 1.96. The molecule has 1 amide bonds. The highest BCUT2D eigenvalue weighted by molar-refractivity contribution is 7.91. The van der Waals surface area contributed by atoms with Crippen molar-refractivity contribution in [3.8, 4) is 11.5 Å². The van der Waals surface area contributed by atoms with Crippen LogP contribution in [0.2, 0.25) is 0 Å².